The highest BCUT2D eigenvalue weighted by Crippen LogP contribution is 2.12. The summed E-state index contributed by atoms with van der Waals surface area (Å²) in [6.45, 7) is 1.31. The Morgan fingerprint density at radius 3 is 1.96 bits per heavy atom. The molecule has 0 bridgehead atoms. The monoisotopic (exact) mass is 340 g/mol. The number of carbonyl (C=O) groups excluding carboxylic acids is 4. The molecule has 3 N–H and O–H groups in total. The van der Waals surface area contributed by atoms with Crippen LogP contribution >= 0.6 is 0 Å². The molecule has 128 valence electrons. The van der Waals surface area contributed by atoms with Crippen LogP contribution in [0.1, 0.15) is 33.2 Å². The number of hydrogen-bond donors (Lipinski definition) is 2. The van der Waals surface area contributed by atoms with Crippen molar-refractivity contribution in [3.05, 3.63) is 71.3 Å². The minimum Gasteiger partial charge on any atom is -0.449 e. The van der Waals surface area contributed by atoms with E-state index in [9.17, 15) is 19.2 Å². The molecule has 0 saturated heterocycles. The maximum Gasteiger partial charge on any atom is 0.338 e. The van der Waals surface area contributed by atoms with Gasteiger partial charge in [0.05, 0.1) is 5.56 Å². The van der Waals surface area contributed by atoms with Crippen molar-refractivity contribution in [1.82, 2.24) is 5.32 Å². The molecule has 0 aliphatic carbocycles. The van der Waals surface area contributed by atoms with Crippen LogP contribution < -0.4 is 11.1 Å². The van der Waals surface area contributed by atoms with Crippen molar-refractivity contribution in [1.29, 1.82) is 0 Å². The molecule has 0 aliphatic heterocycles. The maximum atomic E-state index is 12.3. The highest BCUT2D eigenvalue weighted by atomic mass is 16.5. The van der Waals surface area contributed by atoms with Gasteiger partial charge in [0.25, 0.3) is 5.91 Å². The molecule has 2 aromatic rings. The van der Waals surface area contributed by atoms with Crippen LogP contribution in [0.25, 0.3) is 0 Å². The summed E-state index contributed by atoms with van der Waals surface area (Å²) < 4.78 is 4.94. The molecule has 1 unspecified atom stereocenters. The second-order valence-corrected chi connectivity index (χ2v) is 5.17. The molecule has 3 amide bonds. The number of imide groups is 1. The molecule has 25 heavy (non-hydrogen) atoms. The zero-order chi connectivity index (χ0) is 18.4. The van der Waals surface area contributed by atoms with Crippen LogP contribution in [0.3, 0.4) is 0 Å². The normalized spacial score (nSPS) is 11.2. The van der Waals surface area contributed by atoms with Gasteiger partial charge in [-0.2, -0.15) is 0 Å². The lowest BCUT2D eigenvalue weighted by atomic mass is 10.0. The van der Waals surface area contributed by atoms with Crippen LogP contribution in [-0.2, 0) is 9.53 Å². The molecule has 7 heteroatoms. The van der Waals surface area contributed by atoms with E-state index in [1.54, 1.807) is 24.3 Å². The van der Waals surface area contributed by atoms with Gasteiger partial charge in [-0.1, -0.05) is 42.5 Å². The molecule has 7 nitrogen and oxygen atoms in total. The third-order valence-corrected chi connectivity index (χ3v) is 3.32. The standard InChI is InChI=1S/C18H16N2O5/c1-11(16(22)20-18(19)24)25-17(23)14-9-7-13(8-10-14)15(21)12-5-3-2-4-6-12/h2-11H,1H3,(H3,19,20,22,24). The van der Waals surface area contributed by atoms with E-state index >= 15 is 0 Å². The van der Waals surface area contributed by atoms with Crippen LogP contribution in [0.2, 0.25) is 0 Å². The number of amides is 3. The minimum absolute atomic E-state index is 0.170. The Kier molecular flexibility index (Phi) is 5.62. The van der Waals surface area contributed by atoms with Gasteiger partial charge in [-0.3, -0.25) is 14.9 Å². The van der Waals surface area contributed by atoms with Crippen molar-refractivity contribution in [2.24, 2.45) is 5.73 Å². The zero-order valence-corrected chi connectivity index (χ0v) is 13.4. The summed E-state index contributed by atoms with van der Waals surface area (Å²) in [5, 5.41) is 1.82. The number of urea groups is 1. The largest absolute Gasteiger partial charge is 0.449 e. The fourth-order valence-corrected chi connectivity index (χ4v) is 2.02. The molecule has 2 aromatic carbocycles. The van der Waals surface area contributed by atoms with E-state index in [1.165, 1.54) is 31.2 Å². The van der Waals surface area contributed by atoms with E-state index < -0.39 is 24.0 Å². The summed E-state index contributed by atoms with van der Waals surface area (Å²) in [4.78, 5) is 46.4. The van der Waals surface area contributed by atoms with Crippen molar-refractivity contribution < 1.29 is 23.9 Å². The molecular weight excluding hydrogens is 324 g/mol. The van der Waals surface area contributed by atoms with E-state index in [1.807, 2.05) is 11.4 Å². The number of nitrogens with two attached hydrogens (primary N) is 1. The third kappa shape index (κ3) is 4.74. The van der Waals surface area contributed by atoms with Crippen LogP contribution in [-0.4, -0.2) is 29.8 Å². The van der Waals surface area contributed by atoms with Crippen molar-refractivity contribution in [3.63, 3.8) is 0 Å². The Labute approximate surface area is 143 Å². The molecular formula is C18H16N2O5. The van der Waals surface area contributed by atoms with Gasteiger partial charge in [0.1, 0.15) is 0 Å². The Morgan fingerprint density at radius 1 is 0.880 bits per heavy atom. The maximum absolute atomic E-state index is 12.3. The first-order valence-electron chi connectivity index (χ1n) is 7.39. The van der Waals surface area contributed by atoms with Gasteiger partial charge >= 0.3 is 12.0 Å². The van der Waals surface area contributed by atoms with E-state index in [2.05, 4.69) is 0 Å². The van der Waals surface area contributed by atoms with Gasteiger partial charge in [0.2, 0.25) is 0 Å². The molecule has 0 saturated carbocycles. The highest BCUT2D eigenvalue weighted by Gasteiger charge is 2.20. The molecule has 0 aliphatic rings. The molecule has 1 atom stereocenters. The Morgan fingerprint density at radius 2 is 1.40 bits per heavy atom. The first kappa shape index (κ1) is 17.9. The van der Waals surface area contributed by atoms with Crippen LogP contribution in [0.15, 0.2) is 54.6 Å². The van der Waals surface area contributed by atoms with Gasteiger partial charge in [0, 0.05) is 11.1 Å². The lowest BCUT2D eigenvalue weighted by molar-refractivity contribution is -0.127. The zero-order valence-electron chi connectivity index (χ0n) is 13.4. The SMILES string of the molecule is CC(OC(=O)c1ccc(C(=O)c2ccccc2)cc1)C(=O)NC(N)=O. The number of esters is 1. The number of carbonyl (C=O) groups is 4. The third-order valence-electron chi connectivity index (χ3n) is 3.32. The number of ether oxygens (including phenoxy) is 1. The van der Waals surface area contributed by atoms with Crippen molar-refractivity contribution in [2.75, 3.05) is 0 Å². The summed E-state index contributed by atoms with van der Waals surface area (Å²) in [7, 11) is 0. The Balaban J connectivity index is 2.04. The Hall–Kier alpha value is -3.48. The van der Waals surface area contributed by atoms with Crippen LogP contribution in [0.5, 0.6) is 0 Å². The summed E-state index contributed by atoms with van der Waals surface area (Å²) >= 11 is 0. The molecule has 2 rings (SSSR count). The number of nitrogens with one attached hydrogen (secondary N) is 1. The van der Waals surface area contributed by atoms with Crippen LogP contribution in [0.4, 0.5) is 4.79 Å². The van der Waals surface area contributed by atoms with Gasteiger partial charge < -0.3 is 10.5 Å². The van der Waals surface area contributed by atoms with Gasteiger partial charge in [-0.05, 0) is 19.1 Å². The second kappa shape index (κ2) is 7.87. The van der Waals surface area contributed by atoms with E-state index in [0.29, 0.717) is 11.1 Å². The van der Waals surface area contributed by atoms with E-state index in [4.69, 9.17) is 10.5 Å². The molecule has 0 fully saturated rings. The molecule has 0 radical (unpaired) electrons. The molecule has 0 aromatic heterocycles. The quantitative estimate of drug-likeness (QED) is 0.634. The smallest absolute Gasteiger partial charge is 0.338 e. The average Bonchev–Trinajstić information content (AvgIpc) is 2.61. The van der Waals surface area contributed by atoms with Gasteiger partial charge in [-0.15, -0.1) is 0 Å². The summed E-state index contributed by atoms with van der Waals surface area (Å²) in [6.07, 6.45) is -1.19. The Bertz CT molecular complexity index is 800. The van der Waals surface area contributed by atoms with Gasteiger partial charge in [0.15, 0.2) is 11.9 Å². The van der Waals surface area contributed by atoms with Crippen molar-refractivity contribution >= 4 is 23.7 Å². The predicted octanol–water partition coefficient (Wildman–Crippen LogP) is 1.66. The first-order valence-corrected chi connectivity index (χ1v) is 7.39. The van der Waals surface area contributed by atoms with Gasteiger partial charge in [-0.25, -0.2) is 9.59 Å². The molecule has 0 spiro atoms. The first-order chi connectivity index (χ1) is 11.9. The number of hydrogen-bond acceptors (Lipinski definition) is 5. The fourth-order valence-electron chi connectivity index (χ4n) is 2.02. The predicted molar refractivity (Wildman–Crippen MR) is 88.9 cm³/mol. The van der Waals surface area contributed by atoms with E-state index in [0.717, 1.165) is 0 Å². The fraction of sp³-hybridized carbons (Fsp3) is 0.111. The lowest BCUT2D eigenvalue weighted by Crippen LogP contribution is -2.42. The molecule has 0 heterocycles. The summed E-state index contributed by atoms with van der Waals surface area (Å²) in [6, 6.07) is 13.6. The average molecular weight is 340 g/mol. The topological polar surface area (TPSA) is 116 Å². The second-order valence-electron chi connectivity index (χ2n) is 5.17. The van der Waals surface area contributed by atoms with Crippen LogP contribution in [0, 0.1) is 0 Å². The highest BCUT2D eigenvalue weighted by molar-refractivity contribution is 6.09. The van der Waals surface area contributed by atoms with Crippen molar-refractivity contribution in [2.45, 2.75) is 13.0 Å². The van der Waals surface area contributed by atoms with E-state index in [-0.39, 0.29) is 11.3 Å². The summed E-state index contributed by atoms with van der Waals surface area (Å²) in [5.41, 5.74) is 5.95. The number of benzene rings is 2. The number of rotatable bonds is 5. The lowest BCUT2D eigenvalue weighted by Gasteiger charge is -2.12. The van der Waals surface area contributed by atoms with Crippen molar-refractivity contribution in [3.8, 4) is 0 Å². The number of primary amides is 1. The minimum atomic E-state index is -1.19. The summed E-state index contributed by atoms with van der Waals surface area (Å²) in [5.74, 6) is -1.75. The number of ketones is 1.